The van der Waals surface area contributed by atoms with E-state index >= 15 is 0 Å². The molecule has 0 saturated heterocycles. The Morgan fingerprint density at radius 1 is 1.00 bits per heavy atom. The third-order valence-electron chi connectivity index (χ3n) is 4.94. The van der Waals surface area contributed by atoms with Crippen LogP contribution in [0.25, 0.3) is 32.2 Å². The number of rotatable bonds is 2. The highest BCUT2D eigenvalue weighted by Crippen LogP contribution is 2.38. The zero-order valence-corrected chi connectivity index (χ0v) is 12.7. The second-order valence-electron chi connectivity index (χ2n) is 6.17. The monoisotopic (exact) mass is 306 g/mol. The van der Waals surface area contributed by atoms with Gasteiger partial charge in [0.2, 0.25) is 0 Å². The van der Waals surface area contributed by atoms with Crippen molar-refractivity contribution in [2.45, 2.75) is 37.5 Å². The summed E-state index contributed by atoms with van der Waals surface area (Å²) < 4.78 is 2.23. The van der Waals surface area contributed by atoms with Gasteiger partial charge in [-0.1, -0.05) is 47.9 Å². The topological polar surface area (TPSA) is 73.9 Å². The van der Waals surface area contributed by atoms with E-state index in [2.05, 4.69) is 38.9 Å². The average molecular weight is 306 g/mol. The first kappa shape index (κ1) is 14.1. The Morgan fingerprint density at radius 2 is 1.61 bits per heavy atom. The molecule has 1 aliphatic rings. The van der Waals surface area contributed by atoms with Crippen LogP contribution >= 0.6 is 0 Å². The van der Waals surface area contributed by atoms with Gasteiger partial charge in [0.05, 0.1) is 18.2 Å². The Bertz CT molecular complexity index is 856. The van der Waals surface area contributed by atoms with E-state index in [4.69, 9.17) is 5.53 Å². The quantitative estimate of drug-likeness (QED) is 0.420. The van der Waals surface area contributed by atoms with Crippen LogP contribution in [-0.4, -0.2) is 21.8 Å². The fourth-order valence-electron chi connectivity index (χ4n) is 3.92. The first-order valence-corrected chi connectivity index (χ1v) is 8.01. The molecule has 1 saturated carbocycles. The third-order valence-corrected chi connectivity index (χ3v) is 4.94. The highest BCUT2D eigenvalue weighted by atomic mass is 16.3. The van der Waals surface area contributed by atoms with Gasteiger partial charge in [0, 0.05) is 26.7 Å². The van der Waals surface area contributed by atoms with Crippen molar-refractivity contribution < 1.29 is 5.11 Å². The van der Waals surface area contributed by atoms with Gasteiger partial charge in [-0.25, -0.2) is 0 Å². The molecule has 1 heterocycles. The summed E-state index contributed by atoms with van der Waals surface area (Å²) in [5, 5.41) is 17.0. The second kappa shape index (κ2) is 5.61. The van der Waals surface area contributed by atoms with Crippen LogP contribution in [0.3, 0.4) is 0 Å². The molecule has 1 aromatic heterocycles. The SMILES string of the molecule is [N-]=[N+]=N[C@H]1CCC[C@@H](n2c3ccccc3c3ccccc32)[C@@H]1O. The lowest BCUT2D eigenvalue weighted by Crippen LogP contribution is -2.37. The summed E-state index contributed by atoms with van der Waals surface area (Å²) in [5.41, 5.74) is 11.0. The van der Waals surface area contributed by atoms with Crippen molar-refractivity contribution in [3.63, 3.8) is 0 Å². The number of nitrogens with zero attached hydrogens (tertiary/aromatic N) is 4. The highest BCUT2D eigenvalue weighted by molar-refractivity contribution is 6.08. The van der Waals surface area contributed by atoms with Crippen LogP contribution in [0, 0.1) is 0 Å². The average Bonchev–Trinajstić information content (AvgIpc) is 2.92. The number of fused-ring (bicyclic) bond motifs is 3. The zero-order valence-electron chi connectivity index (χ0n) is 12.7. The molecule has 4 rings (SSSR count). The van der Waals surface area contributed by atoms with Crippen LogP contribution < -0.4 is 0 Å². The summed E-state index contributed by atoms with van der Waals surface area (Å²) in [6, 6.07) is 16.2. The van der Waals surface area contributed by atoms with E-state index in [-0.39, 0.29) is 12.1 Å². The maximum atomic E-state index is 10.8. The zero-order chi connectivity index (χ0) is 15.8. The molecule has 1 aliphatic carbocycles. The predicted molar refractivity (Wildman–Crippen MR) is 91.3 cm³/mol. The number of para-hydroxylation sites is 2. The number of hydrogen-bond donors (Lipinski definition) is 1. The van der Waals surface area contributed by atoms with Gasteiger partial charge >= 0.3 is 0 Å². The van der Waals surface area contributed by atoms with E-state index in [0.717, 1.165) is 30.3 Å². The molecule has 0 bridgehead atoms. The molecule has 2 aromatic carbocycles. The van der Waals surface area contributed by atoms with E-state index in [9.17, 15) is 5.11 Å². The standard InChI is InChI=1S/C18H18N4O/c19-21-20-14-8-5-11-17(18(14)23)22-15-9-3-1-6-12(15)13-7-2-4-10-16(13)22/h1-4,6-7,9-10,14,17-18,23H,5,8,11H2/t14-,17+,18+/m0/s1. The summed E-state index contributed by atoms with van der Waals surface area (Å²) in [5.74, 6) is 0. The summed E-state index contributed by atoms with van der Waals surface area (Å²) in [7, 11) is 0. The Kier molecular flexibility index (Phi) is 3.45. The minimum atomic E-state index is -0.654. The van der Waals surface area contributed by atoms with Gasteiger partial charge < -0.3 is 9.67 Å². The lowest BCUT2D eigenvalue weighted by Gasteiger charge is -2.34. The molecule has 0 spiro atoms. The minimum absolute atomic E-state index is 0.0657. The van der Waals surface area contributed by atoms with Crippen LogP contribution in [0.1, 0.15) is 25.3 Å². The number of aromatic nitrogens is 1. The minimum Gasteiger partial charge on any atom is -0.391 e. The number of aliphatic hydroxyl groups is 1. The van der Waals surface area contributed by atoms with E-state index < -0.39 is 6.10 Å². The maximum Gasteiger partial charge on any atom is 0.0832 e. The fourth-order valence-corrected chi connectivity index (χ4v) is 3.92. The van der Waals surface area contributed by atoms with Gasteiger partial charge in [-0.2, -0.15) is 0 Å². The number of azide groups is 1. The fraction of sp³-hybridized carbons (Fsp3) is 0.333. The smallest absolute Gasteiger partial charge is 0.0832 e. The van der Waals surface area contributed by atoms with Crippen LogP contribution in [0.15, 0.2) is 53.6 Å². The highest BCUT2D eigenvalue weighted by Gasteiger charge is 2.33. The van der Waals surface area contributed by atoms with Gasteiger partial charge in [-0.15, -0.1) is 0 Å². The van der Waals surface area contributed by atoms with Crippen molar-refractivity contribution in [3.05, 3.63) is 59.0 Å². The van der Waals surface area contributed by atoms with Gasteiger partial charge in [0.1, 0.15) is 0 Å². The summed E-state index contributed by atoms with van der Waals surface area (Å²) >= 11 is 0. The largest absolute Gasteiger partial charge is 0.391 e. The van der Waals surface area contributed by atoms with E-state index in [1.54, 1.807) is 0 Å². The molecule has 116 valence electrons. The number of aliphatic hydroxyl groups excluding tert-OH is 1. The van der Waals surface area contributed by atoms with E-state index in [1.807, 2.05) is 24.3 Å². The molecule has 0 radical (unpaired) electrons. The molecule has 0 aliphatic heterocycles. The first-order valence-electron chi connectivity index (χ1n) is 8.01. The van der Waals surface area contributed by atoms with Crippen molar-refractivity contribution in [2.75, 3.05) is 0 Å². The molecule has 5 heteroatoms. The van der Waals surface area contributed by atoms with Crippen LogP contribution in [0.2, 0.25) is 0 Å². The van der Waals surface area contributed by atoms with Crippen molar-refractivity contribution >= 4 is 21.8 Å². The number of hydrogen-bond acceptors (Lipinski definition) is 2. The van der Waals surface area contributed by atoms with Crippen molar-refractivity contribution in [1.29, 1.82) is 0 Å². The van der Waals surface area contributed by atoms with E-state index in [1.165, 1.54) is 10.8 Å². The Morgan fingerprint density at radius 3 is 2.22 bits per heavy atom. The van der Waals surface area contributed by atoms with Crippen molar-refractivity contribution in [2.24, 2.45) is 5.11 Å². The molecule has 3 atom stereocenters. The third kappa shape index (κ3) is 2.17. The molecule has 1 fully saturated rings. The van der Waals surface area contributed by atoms with Gasteiger partial charge in [0.25, 0.3) is 0 Å². The maximum absolute atomic E-state index is 10.8. The molecule has 1 N–H and O–H groups in total. The molecule has 0 unspecified atom stereocenters. The van der Waals surface area contributed by atoms with Crippen LogP contribution in [0.5, 0.6) is 0 Å². The summed E-state index contributed by atoms with van der Waals surface area (Å²) in [4.78, 5) is 2.91. The molecule has 5 nitrogen and oxygen atoms in total. The molecule has 0 amide bonds. The summed E-state index contributed by atoms with van der Waals surface area (Å²) in [6.07, 6.45) is 1.94. The molecular formula is C18H18N4O. The molecule has 3 aromatic rings. The lowest BCUT2D eigenvalue weighted by molar-refractivity contribution is 0.0608. The van der Waals surface area contributed by atoms with Crippen molar-refractivity contribution in [1.82, 2.24) is 4.57 Å². The lowest BCUT2D eigenvalue weighted by atomic mass is 9.88. The predicted octanol–water partition coefficient (Wildman–Crippen LogP) is 4.56. The summed E-state index contributed by atoms with van der Waals surface area (Å²) in [6.45, 7) is 0. The van der Waals surface area contributed by atoms with Crippen LogP contribution in [-0.2, 0) is 0 Å². The van der Waals surface area contributed by atoms with Gasteiger partial charge in [0.15, 0.2) is 0 Å². The molecule has 23 heavy (non-hydrogen) atoms. The normalized spacial score (nSPS) is 24.7. The Labute approximate surface area is 133 Å². The van der Waals surface area contributed by atoms with E-state index in [0.29, 0.717) is 0 Å². The van der Waals surface area contributed by atoms with Gasteiger partial charge in [-0.3, -0.25) is 0 Å². The Balaban J connectivity index is 1.94. The first-order chi connectivity index (χ1) is 11.3. The van der Waals surface area contributed by atoms with Crippen LogP contribution in [0.4, 0.5) is 0 Å². The Hall–Kier alpha value is -2.49. The second-order valence-corrected chi connectivity index (χ2v) is 6.17. The van der Waals surface area contributed by atoms with Gasteiger partial charge in [-0.05, 0) is 30.5 Å². The molecular weight excluding hydrogens is 288 g/mol. The van der Waals surface area contributed by atoms with Crippen molar-refractivity contribution in [3.8, 4) is 0 Å². The number of benzene rings is 2.